The summed E-state index contributed by atoms with van der Waals surface area (Å²) in [5.74, 6) is 0.661. The molecule has 0 aliphatic heterocycles. The van der Waals surface area contributed by atoms with Crippen LogP contribution in [0, 0.1) is 0 Å². The molecule has 3 rings (SSSR count). The number of hydrogen-bond donors (Lipinski definition) is 1. The summed E-state index contributed by atoms with van der Waals surface area (Å²) in [7, 11) is 0. The molecule has 0 saturated heterocycles. The Morgan fingerprint density at radius 1 is 1.12 bits per heavy atom. The molecule has 0 heterocycles. The van der Waals surface area contributed by atoms with Crippen LogP contribution in [0.4, 0.5) is 0 Å². The number of rotatable bonds is 5. The maximum Gasteiger partial charge on any atom is 0.251 e. The fourth-order valence-electron chi connectivity index (χ4n) is 3.28. The predicted molar refractivity (Wildman–Crippen MR) is 96.6 cm³/mol. The molecule has 1 atom stereocenters. The van der Waals surface area contributed by atoms with E-state index >= 15 is 0 Å². The average Bonchev–Trinajstić information content (AvgIpc) is 2.61. The molecule has 3 nitrogen and oxygen atoms in total. The summed E-state index contributed by atoms with van der Waals surface area (Å²) in [6, 6.07) is 13.9. The first-order valence-electron chi connectivity index (χ1n) is 8.83. The summed E-state index contributed by atoms with van der Waals surface area (Å²) in [5.41, 5.74) is 4.71. The van der Waals surface area contributed by atoms with E-state index in [0.29, 0.717) is 12.2 Å². The maximum atomic E-state index is 12.5. The number of nitrogens with one attached hydrogen (secondary N) is 1. The fraction of sp³-hybridized carbons (Fsp3) is 0.381. The summed E-state index contributed by atoms with van der Waals surface area (Å²) in [5, 5.41) is 3.09. The summed E-state index contributed by atoms with van der Waals surface area (Å²) >= 11 is 0. The highest BCUT2D eigenvalue weighted by Gasteiger charge is 2.15. The van der Waals surface area contributed by atoms with Crippen LogP contribution in [0.15, 0.2) is 42.5 Å². The molecule has 0 bridgehead atoms. The van der Waals surface area contributed by atoms with Gasteiger partial charge >= 0.3 is 0 Å². The van der Waals surface area contributed by atoms with Gasteiger partial charge in [-0.3, -0.25) is 4.79 Å². The third-order valence-electron chi connectivity index (χ3n) is 4.63. The van der Waals surface area contributed by atoms with Crippen LogP contribution in [0.3, 0.4) is 0 Å². The van der Waals surface area contributed by atoms with Crippen LogP contribution in [0.1, 0.15) is 59.8 Å². The lowest BCUT2D eigenvalue weighted by atomic mass is 9.89. The highest BCUT2D eigenvalue weighted by atomic mass is 16.5. The molecule has 1 unspecified atom stereocenters. The monoisotopic (exact) mass is 323 g/mol. The molecule has 126 valence electrons. The molecule has 1 aliphatic carbocycles. The number of amides is 1. The number of fused-ring (bicyclic) bond motifs is 1. The summed E-state index contributed by atoms with van der Waals surface area (Å²) in [6.07, 6.45) is 4.89. The van der Waals surface area contributed by atoms with Crippen molar-refractivity contribution in [1.82, 2.24) is 5.32 Å². The highest BCUT2D eigenvalue weighted by Crippen LogP contribution is 2.25. The standard InChI is InChI=1S/C21H25NO2/c1-3-24-20-10-6-9-19(14-20)21(23)22-15(2)17-12-11-16-7-4-5-8-18(16)13-17/h6,9-15H,3-5,7-8H2,1-2H3,(H,22,23). The Morgan fingerprint density at radius 2 is 1.92 bits per heavy atom. The molecule has 0 aromatic heterocycles. The van der Waals surface area contributed by atoms with Crippen LogP contribution in [-0.4, -0.2) is 12.5 Å². The van der Waals surface area contributed by atoms with Gasteiger partial charge in [0.05, 0.1) is 12.6 Å². The molecule has 1 amide bonds. The first-order valence-corrected chi connectivity index (χ1v) is 8.83. The Morgan fingerprint density at radius 3 is 2.71 bits per heavy atom. The van der Waals surface area contributed by atoms with Crippen LogP contribution in [0.25, 0.3) is 0 Å². The highest BCUT2D eigenvalue weighted by molar-refractivity contribution is 5.94. The van der Waals surface area contributed by atoms with E-state index in [0.717, 1.165) is 12.2 Å². The number of carbonyl (C=O) groups excluding carboxylic acids is 1. The lowest BCUT2D eigenvalue weighted by molar-refractivity contribution is 0.0939. The van der Waals surface area contributed by atoms with Gasteiger partial charge in [0.2, 0.25) is 0 Å². The molecule has 3 heteroatoms. The second-order valence-electron chi connectivity index (χ2n) is 6.39. The average molecular weight is 323 g/mol. The molecular formula is C21H25NO2. The van der Waals surface area contributed by atoms with E-state index in [2.05, 4.69) is 23.5 Å². The second-order valence-corrected chi connectivity index (χ2v) is 6.39. The second kappa shape index (κ2) is 7.52. The minimum Gasteiger partial charge on any atom is -0.494 e. The third-order valence-corrected chi connectivity index (χ3v) is 4.63. The Labute approximate surface area is 144 Å². The summed E-state index contributed by atoms with van der Waals surface area (Å²) in [6.45, 7) is 4.57. The number of aryl methyl sites for hydroxylation is 2. The number of ether oxygens (including phenoxy) is 1. The molecule has 2 aromatic rings. The van der Waals surface area contributed by atoms with Gasteiger partial charge in [-0.05, 0) is 74.4 Å². The van der Waals surface area contributed by atoms with Crippen LogP contribution in [0.5, 0.6) is 5.75 Å². The summed E-state index contributed by atoms with van der Waals surface area (Å²) in [4.78, 5) is 12.5. The number of hydrogen-bond acceptors (Lipinski definition) is 2. The normalized spacial score (nSPS) is 14.6. The molecule has 0 saturated carbocycles. The van der Waals surface area contributed by atoms with Crippen molar-refractivity contribution in [3.8, 4) is 5.75 Å². The maximum absolute atomic E-state index is 12.5. The quantitative estimate of drug-likeness (QED) is 0.882. The van der Waals surface area contributed by atoms with Crippen molar-refractivity contribution in [3.05, 3.63) is 64.7 Å². The van der Waals surface area contributed by atoms with E-state index in [1.807, 2.05) is 32.0 Å². The number of carbonyl (C=O) groups is 1. The van der Waals surface area contributed by atoms with Crippen LogP contribution in [0.2, 0.25) is 0 Å². The fourth-order valence-corrected chi connectivity index (χ4v) is 3.28. The minimum atomic E-state index is -0.0678. The van der Waals surface area contributed by atoms with Gasteiger partial charge in [0.15, 0.2) is 0 Å². The van der Waals surface area contributed by atoms with Crippen LogP contribution < -0.4 is 10.1 Å². The van der Waals surface area contributed by atoms with Gasteiger partial charge in [0, 0.05) is 5.56 Å². The van der Waals surface area contributed by atoms with E-state index in [1.165, 1.54) is 36.0 Å². The zero-order chi connectivity index (χ0) is 16.9. The van der Waals surface area contributed by atoms with Crippen LogP contribution >= 0.6 is 0 Å². The van der Waals surface area contributed by atoms with Crippen molar-refractivity contribution < 1.29 is 9.53 Å². The first-order chi connectivity index (χ1) is 11.7. The van der Waals surface area contributed by atoms with E-state index in [-0.39, 0.29) is 11.9 Å². The van der Waals surface area contributed by atoms with Gasteiger partial charge in [-0.1, -0.05) is 24.3 Å². The van der Waals surface area contributed by atoms with Crippen molar-refractivity contribution in [2.24, 2.45) is 0 Å². The van der Waals surface area contributed by atoms with E-state index < -0.39 is 0 Å². The Kier molecular flexibility index (Phi) is 5.19. The Hall–Kier alpha value is -2.29. The molecule has 24 heavy (non-hydrogen) atoms. The van der Waals surface area contributed by atoms with Gasteiger partial charge in [0.25, 0.3) is 5.91 Å². The van der Waals surface area contributed by atoms with E-state index in [1.54, 1.807) is 6.07 Å². The van der Waals surface area contributed by atoms with Crippen LogP contribution in [-0.2, 0) is 12.8 Å². The molecule has 2 aromatic carbocycles. The van der Waals surface area contributed by atoms with E-state index in [9.17, 15) is 4.79 Å². The molecule has 0 spiro atoms. The molecule has 1 N–H and O–H groups in total. The smallest absolute Gasteiger partial charge is 0.251 e. The van der Waals surface area contributed by atoms with Crippen molar-refractivity contribution in [3.63, 3.8) is 0 Å². The van der Waals surface area contributed by atoms with Crippen molar-refractivity contribution >= 4 is 5.91 Å². The topological polar surface area (TPSA) is 38.3 Å². The molecule has 0 radical (unpaired) electrons. The zero-order valence-electron chi connectivity index (χ0n) is 14.5. The molecular weight excluding hydrogens is 298 g/mol. The Bertz CT molecular complexity index is 724. The van der Waals surface area contributed by atoms with Crippen molar-refractivity contribution in [1.29, 1.82) is 0 Å². The van der Waals surface area contributed by atoms with Gasteiger partial charge in [0.1, 0.15) is 5.75 Å². The summed E-state index contributed by atoms with van der Waals surface area (Å²) < 4.78 is 5.47. The lowest BCUT2D eigenvalue weighted by Crippen LogP contribution is -2.26. The van der Waals surface area contributed by atoms with Gasteiger partial charge in [-0.25, -0.2) is 0 Å². The van der Waals surface area contributed by atoms with Gasteiger partial charge < -0.3 is 10.1 Å². The molecule has 1 aliphatic rings. The number of benzene rings is 2. The molecule has 0 fully saturated rings. The third kappa shape index (κ3) is 3.78. The van der Waals surface area contributed by atoms with Gasteiger partial charge in [-0.15, -0.1) is 0 Å². The largest absolute Gasteiger partial charge is 0.494 e. The lowest BCUT2D eigenvalue weighted by Gasteiger charge is -2.20. The van der Waals surface area contributed by atoms with E-state index in [4.69, 9.17) is 4.74 Å². The SMILES string of the molecule is CCOc1cccc(C(=O)NC(C)c2ccc3c(c2)CCCC3)c1. The van der Waals surface area contributed by atoms with Gasteiger partial charge in [-0.2, -0.15) is 0 Å². The predicted octanol–water partition coefficient (Wildman–Crippen LogP) is 4.46. The van der Waals surface area contributed by atoms with Crippen molar-refractivity contribution in [2.45, 2.75) is 45.6 Å². The Balaban J connectivity index is 1.71. The first kappa shape index (κ1) is 16.6. The zero-order valence-corrected chi connectivity index (χ0v) is 14.5. The minimum absolute atomic E-state index is 0.0134. The van der Waals surface area contributed by atoms with Crippen molar-refractivity contribution in [2.75, 3.05) is 6.61 Å².